The Balaban J connectivity index is 2.71. The number of nitrogens with zero attached hydrogens (tertiary/aromatic N) is 1. The predicted molar refractivity (Wildman–Crippen MR) is 50.1 cm³/mol. The van der Waals surface area contributed by atoms with E-state index in [1.807, 2.05) is 6.92 Å². The predicted octanol–water partition coefficient (Wildman–Crippen LogP) is 0.322. The minimum Gasteiger partial charge on any atom is -0.477 e. The summed E-state index contributed by atoms with van der Waals surface area (Å²) in [5.41, 5.74) is 0.122. The summed E-state index contributed by atoms with van der Waals surface area (Å²) in [6.45, 7) is 2.40. The highest BCUT2D eigenvalue weighted by molar-refractivity contribution is 5.86. The van der Waals surface area contributed by atoms with Gasteiger partial charge in [-0.3, -0.25) is 4.79 Å². The van der Waals surface area contributed by atoms with E-state index in [-0.39, 0.29) is 18.1 Å². The van der Waals surface area contributed by atoms with Crippen molar-refractivity contribution in [3.8, 4) is 0 Å². The second-order valence-corrected chi connectivity index (χ2v) is 2.78. The zero-order chi connectivity index (χ0) is 10.6. The first-order valence-corrected chi connectivity index (χ1v) is 4.30. The van der Waals surface area contributed by atoms with Gasteiger partial charge in [0.05, 0.1) is 0 Å². The first kappa shape index (κ1) is 10.3. The summed E-state index contributed by atoms with van der Waals surface area (Å²) in [6.07, 6.45) is 1.57. The van der Waals surface area contributed by atoms with Crippen molar-refractivity contribution in [2.45, 2.75) is 13.5 Å². The Hall–Kier alpha value is -1.78. The smallest absolute Gasteiger partial charge is 0.352 e. The molecule has 76 valence electrons. The minimum atomic E-state index is -1.03. The Morgan fingerprint density at radius 2 is 2.29 bits per heavy atom. The Kier molecular flexibility index (Phi) is 3.28. The van der Waals surface area contributed by atoms with E-state index in [9.17, 15) is 9.59 Å². The highest BCUT2D eigenvalue weighted by Crippen LogP contribution is 2.01. The molecule has 0 saturated heterocycles. The van der Waals surface area contributed by atoms with Gasteiger partial charge in [-0.2, -0.15) is 0 Å². The number of carboxylic acid groups (broad SMARTS) is 1. The Bertz CT molecular complexity index is 344. The number of carbonyl (C=O) groups excluding carboxylic acids is 1. The van der Waals surface area contributed by atoms with Gasteiger partial charge >= 0.3 is 5.97 Å². The van der Waals surface area contributed by atoms with E-state index in [4.69, 9.17) is 5.11 Å². The van der Waals surface area contributed by atoms with Crippen LogP contribution in [0.1, 0.15) is 17.4 Å². The summed E-state index contributed by atoms with van der Waals surface area (Å²) in [6, 6.07) is 3.06. The second kappa shape index (κ2) is 4.45. The molecular formula is C9H12N2O3. The van der Waals surface area contributed by atoms with Crippen LogP contribution in [0.15, 0.2) is 18.3 Å². The molecule has 0 spiro atoms. The van der Waals surface area contributed by atoms with Gasteiger partial charge in [-0.15, -0.1) is 0 Å². The third-order valence-corrected chi connectivity index (χ3v) is 1.74. The maximum Gasteiger partial charge on any atom is 0.352 e. The zero-order valence-corrected chi connectivity index (χ0v) is 7.86. The average Bonchev–Trinajstić information content (AvgIpc) is 2.52. The van der Waals surface area contributed by atoms with Gasteiger partial charge < -0.3 is 15.0 Å². The van der Waals surface area contributed by atoms with Crippen LogP contribution in [0.5, 0.6) is 0 Å². The summed E-state index contributed by atoms with van der Waals surface area (Å²) in [4.78, 5) is 21.8. The molecule has 0 aliphatic carbocycles. The molecule has 0 fully saturated rings. The molecule has 0 atom stereocenters. The molecule has 5 nitrogen and oxygen atoms in total. The number of hydrogen-bond donors (Lipinski definition) is 2. The number of carbonyl (C=O) groups is 2. The van der Waals surface area contributed by atoms with Crippen molar-refractivity contribution in [1.29, 1.82) is 0 Å². The molecule has 1 aromatic heterocycles. The molecule has 0 radical (unpaired) electrons. The van der Waals surface area contributed by atoms with Crippen LogP contribution in [0.2, 0.25) is 0 Å². The van der Waals surface area contributed by atoms with Crippen LogP contribution in [-0.4, -0.2) is 28.1 Å². The van der Waals surface area contributed by atoms with Gasteiger partial charge in [-0.25, -0.2) is 4.79 Å². The fourth-order valence-corrected chi connectivity index (χ4v) is 1.15. The molecular weight excluding hydrogens is 184 g/mol. The number of nitrogens with one attached hydrogen (secondary N) is 1. The summed E-state index contributed by atoms with van der Waals surface area (Å²) >= 11 is 0. The van der Waals surface area contributed by atoms with Gasteiger partial charge in [0.15, 0.2) is 0 Å². The normalized spacial score (nSPS) is 9.79. The monoisotopic (exact) mass is 196 g/mol. The lowest BCUT2D eigenvalue weighted by atomic mass is 10.4. The van der Waals surface area contributed by atoms with Gasteiger partial charge in [-0.05, 0) is 19.1 Å². The van der Waals surface area contributed by atoms with Gasteiger partial charge in [0.2, 0.25) is 5.91 Å². The summed E-state index contributed by atoms with van der Waals surface area (Å²) in [7, 11) is 0. The molecule has 0 saturated carbocycles. The number of aromatic carboxylic acids is 1. The van der Waals surface area contributed by atoms with Crippen molar-refractivity contribution in [2.75, 3.05) is 6.54 Å². The van der Waals surface area contributed by atoms with E-state index in [2.05, 4.69) is 5.32 Å². The Morgan fingerprint density at radius 1 is 1.57 bits per heavy atom. The lowest BCUT2D eigenvalue weighted by Crippen LogP contribution is -2.28. The SMILES string of the molecule is CCNC(=O)Cn1cccc1C(=O)O. The molecule has 14 heavy (non-hydrogen) atoms. The Labute approximate surface area is 81.3 Å². The Morgan fingerprint density at radius 3 is 2.86 bits per heavy atom. The quantitative estimate of drug-likeness (QED) is 0.728. The number of carboxylic acids is 1. The van der Waals surface area contributed by atoms with Crippen LogP contribution in [-0.2, 0) is 11.3 Å². The zero-order valence-electron chi connectivity index (χ0n) is 7.86. The highest BCUT2D eigenvalue weighted by Gasteiger charge is 2.10. The van der Waals surface area contributed by atoms with Crippen molar-refractivity contribution in [3.05, 3.63) is 24.0 Å². The third-order valence-electron chi connectivity index (χ3n) is 1.74. The van der Waals surface area contributed by atoms with Crippen LogP contribution < -0.4 is 5.32 Å². The van der Waals surface area contributed by atoms with Crippen LogP contribution in [0.3, 0.4) is 0 Å². The van der Waals surface area contributed by atoms with E-state index in [0.717, 1.165) is 0 Å². The van der Waals surface area contributed by atoms with Gasteiger partial charge in [-0.1, -0.05) is 0 Å². The first-order valence-electron chi connectivity index (χ1n) is 4.30. The second-order valence-electron chi connectivity index (χ2n) is 2.78. The number of rotatable bonds is 4. The van der Waals surface area contributed by atoms with Crippen molar-refractivity contribution in [3.63, 3.8) is 0 Å². The van der Waals surface area contributed by atoms with E-state index >= 15 is 0 Å². The summed E-state index contributed by atoms with van der Waals surface area (Å²) < 4.78 is 1.40. The maximum atomic E-state index is 11.2. The number of amides is 1. The summed E-state index contributed by atoms with van der Waals surface area (Å²) in [5, 5.41) is 11.3. The van der Waals surface area contributed by atoms with Crippen LogP contribution in [0, 0.1) is 0 Å². The van der Waals surface area contributed by atoms with Crippen LogP contribution >= 0.6 is 0 Å². The van der Waals surface area contributed by atoms with Crippen molar-refractivity contribution in [1.82, 2.24) is 9.88 Å². The third kappa shape index (κ3) is 2.35. The molecule has 0 aliphatic rings. The molecule has 0 unspecified atom stereocenters. The maximum absolute atomic E-state index is 11.2. The van der Waals surface area contributed by atoms with Crippen LogP contribution in [0.25, 0.3) is 0 Å². The molecule has 1 aromatic rings. The van der Waals surface area contributed by atoms with Crippen LogP contribution in [0.4, 0.5) is 0 Å². The van der Waals surface area contributed by atoms with Crippen molar-refractivity contribution >= 4 is 11.9 Å². The molecule has 1 heterocycles. The molecule has 0 bridgehead atoms. The first-order chi connectivity index (χ1) is 6.65. The molecule has 1 rings (SSSR count). The number of hydrogen-bond acceptors (Lipinski definition) is 2. The van der Waals surface area contributed by atoms with E-state index in [0.29, 0.717) is 6.54 Å². The molecule has 5 heteroatoms. The lowest BCUT2D eigenvalue weighted by molar-refractivity contribution is -0.121. The summed E-state index contributed by atoms with van der Waals surface area (Å²) in [5.74, 6) is -1.22. The highest BCUT2D eigenvalue weighted by atomic mass is 16.4. The topological polar surface area (TPSA) is 71.3 Å². The molecule has 0 aliphatic heterocycles. The number of likely N-dealkylation sites (N-methyl/N-ethyl adjacent to an activating group) is 1. The van der Waals surface area contributed by atoms with Crippen molar-refractivity contribution < 1.29 is 14.7 Å². The van der Waals surface area contributed by atoms with Crippen molar-refractivity contribution in [2.24, 2.45) is 0 Å². The lowest BCUT2D eigenvalue weighted by Gasteiger charge is -2.05. The van der Waals surface area contributed by atoms with E-state index in [1.165, 1.54) is 10.6 Å². The number of aromatic nitrogens is 1. The fourth-order valence-electron chi connectivity index (χ4n) is 1.15. The largest absolute Gasteiger partial charge is 0.477 e. The van der Waals surface area contributed by atoms with E-state index < -0.39 is 5.97 Å². The van der Waals surface area contributed by atoms with Gasteiger partial charge in [0.25, 0.3) is 0 Å². The minimum absolute atomic E-state index is 0.0441. The standard InChI is InChI=1S/C9H12N2O3/c1-2-10-8(12)6-11-5-3-4-7(11)9(13)14/h3-5H,2,6H2,1H3,(H,10,12)(H,13,14). The van der Waals surface area contributed by atoms with E-state index in [1.54, 1.807) is 12.3 Å². The van der Waals surface area contributed by atoms with Gasteiger partial charge in [0.1, 0.15) is 12.2 Å². The molecule has 0 aromatic carbocycles. The molecule has 1 amide bonds. The van der Waals surface area contributed by atoms with Gasteiger partial charge in [0, 0.05) is 12.7 Å². The fraction of sp³-hybridized carbons (Fsp3) is 0.333. The average molecular weight is 196 g/mol. The molecule has 2 N–H and O–H groups in total.